The number of thiophene rings is 1. The van der Waals surface area contributed by atoms with E-state index in [-0.39, 0.29) is 10.6 Å². The molecule has 1 aliphatic rings. The van der Waals surface area contributed by atoms with Gasteiger partial charge in [-0.05, 0) is 30.4 Å². The van der Waals surface area contributed by atoms with Gasteiger partial charge in [0.2, 0.25) is 0 Å². The van der Waals surface area contributed by atoms with Crippen LogP contribution in [0.5, 0.6) is 0 Å². The van der Waals surface area contributed by atoms with Crippen molar-refractivity contribution in [1.29, 1.82) is 0 Å². The minimum atomic E-state index is -3.65. The highest BCUT2D eigenvalue weighted by molar-refractivity contribution is 7.91. The predicted molar refractivity (Wildman–Crippen MR) is 85.4 cm³/mol. The maximum atomic E-state index is 12.5. The summed E-state index contributed by atoms with van der Waals surface area (Å²) in [4.78, 5) is 11.0. The molecule has 22 heavy (non-hydrogen) atoms. The molecule has 1 heterocycles. The van der Waals surface area contributed by atoms with E-state index in [9.17, 15) is 13.2 Å². The molecular formula is C15H15NO4S2. The van der Waals surface area contributed by atoms with Crippen molar-refractivity contribution in [2.24, 2.45) is 5.92 Å². The summed E-state index contributed by atoms with van der Waals surface area (Å²) in [5.74, 6) is -1.43. The summed E-state index contributed by atoms with van der Waals surface area (Å²) in [7, 11) is -3.65. The summed E-state index contributed by atoms with van der Waals surface area (Å²) in [6.07, 6.45) is 4.16. The summed E-state index contributed by atoms with van der Waals surface area (Å²) >= 11 is 1.21. The predicted octanol–water partition coefficient (Wildman–Crippen LogP) is 2.60. The summed E-state index contributed by atoms with van der Waals surface area (Å²) in [5.41, 5.74) is 0. The van der Waals surface area contributed by atoms with Crippen molar-refractivity contribution in [1.82, 2.24) is 4.72 Å². The number of benzene rings is 1. The molecule has 0 unspecified atom stereocenters. The first-order valence-electron chi connectivity index (χ1n) is 6.86. The van der Waals surface area contributed by atoms with E-state index >= 15 is 0 Å². The number of rotatable bonds is 4. The number of sulfonamides is 1. The number of hydrogen-bond acceptors (Lipinski definition) is 4. The third-order valence-electron chi connectivity index (χ3n) is 3.65. The van der Waals surface area contributed by atoms with Gasteiger partial charge in [-0.3, -0.25) is 4.79 Å². The standard InChI is InChI=1S/C15H15NO4S2/c17-15(18)11-5-3-6-12(8-11)16-22(19,20)14-9-10-4-1-2-7-13(10)21-14/h1-4,6-7,9,11-12,16H,5,8H2,(H,17,18)/t11-,12-/m1/s1. The molecule has 0 fully saturated rings. The van der Waals surface area contributed by atoms with Gasteiger partial charge < -0.3 is 5.11 Å². The van der Waals surface area contributed by atoms with Crippen LogP contribution >= 0.6 is 11.3 Å². The lowest BCUT2D eigenvalue weighted by Gasteiger charge is -2.22. The lowest BCUT2D eigenvalue weighted by molar-refractivity contribution is -0.142. The number of hydrogen-bond donors (Lipinski definition) is 2. The van der Waals surface area contributed by atoms with Gasteiger partial charge in [-0.2, -0.15) is 0 Å². The van der Waals surface area contributed by atoms with Crippen molar-refractivity contribution in [2.75, 3.05) is 0 Å². The van der Waals surface area contributed by atoms with E-state index in [0.717, 1.165) is 10.1 Å². The van der Waals surface area contributed by atoms with Crippen LogP contribution in [-0.2, 0) is 14.8 Å². The van der Waals surface area contributed by atoms with Crippen molar-refractivity contribution in [2.45, 2.75) is 23.1 Å². The van der Waals surface area contributed by atoms with Crippen LogP contribution in [-0.4, -0.2) is 25.5 Å². The fourth-order valence-corrected chi connectivity index (χ4v) is 5.14. The largest absolute Gasteiger partial charge is 0.481 e. The average Bonchev–Trinajstić information content (AvgIpc) is 2.92. The van der Waals surface area contributed by atoms with Crippen LogP contribution in [0.2, 0.25) is 0 Å². The number of carboxylic acids is 1. The third kappa shape index (κ3) is 3.06. The van der Waals surface area contributed by atoms with Crippen LogP contribution in [0.1, 0.15) is 12.8 Å². The van der Waals surface area contributed by atoms with Crippen molar-refractivity contribution in [3.8, 4) is 0 Å². The Morgan fingerprint density at radius 1 is 1.32 bits per heavy atom. The number of carbonyl (C=O) groups is 1. The van der Waals surface area contributed by atoms with Gasteiger partial charge in [-0.1, -0.05) is 30.4 Å². The van der Waals surface area contributed by atoms with Crippen molar-refractivity contribution >= 4 is 37.4 Å². The first-order valence-corrected chi connectivity index (χ1v) is 9.16. The van der Waals surface area contributed by atoms with Gasteiger partial charge >= 0.3 is 5.97 Å². The van der Waals surface area contributed by atoms with Crippen LogP contribution in [0, 0.1) is 5.92 Å². The molecule has 2 aromatic rings. The second-order valence-electron chi connectivity index (χ2n) is 5.27. The van der Waals surface area contributed by atoms with E-state index in [2.05, 4.69) is 4.72 Å². The number of allylic oxidation sites excluding steroid dienone is 1. The Kier molecular flexibility index (Phi) is 4.03. The summed E-state index contributed by atoms with van der Waals surface area (Å²) < 4.78 is 28.7. The van der Waals surface area contributed by atoms with E-state index in [0.29, 0.717) is 6.42 Å². The molecule has 3 rings (SSSR count). The van der Waals surface area contributed by atoms with Gasteiger partial charge in [-0.15, -0.1) is 11.3 Å². The molecule has 0 bridgehead atoms. The molecule has 7 heteroatoms. The van der Waals surface area contributed by atoms with Crippen molar-refractivity contribution in [3.63, 3.8) is 0 Å². The molecule has 1 aromatic heterocycles. The van der Waals surface area contributed by atoms with Crippen molar-refractivity contribution < 1.29 is 18.3 Å². The zero-order chi connectivity index (χ0) is 15.7. The van der Waals surface area contributed by atoms with Gasteiger partial charge in [0, 0.05) is 10.7 Å². The van der Waals surface area contributed by atoms with Crippen LogP contribution in [0.25, 0.3) is 10.1 Å². The van der Waals surface area contributed by atoms with Gasteiger partial charge in [-0.25, -0.2) is 13.1 Å². The molecule has 1 aliphatic carbocycles. The topological polar surface area (TPSA) is 83.5 Å². The van der Waals surface area contributed by atoms with E-state index < -0.39 is 28.0 Å². The normalized spacial score (nSPS) is 22.0. The Bertz CT molecular complexity index is 805. The zero-order valence-electron chi connectivity index (χ0n) is 11.6. The Balaban J connectivity index is 1.83. The van der Waals surface area contributed by atoms with E-state index in [4.69, 9.17) is 5.11 Å². The van der Waals surface area contributed by atoms with Gasteiger partial charge in [0.05, 0.1) is 5.92 Å². The first-order chi connectivity index (χ1) is 10.5. The number of fused-ring (bicyclic) bond motifs is 1. The van der Waals surface area contributed by atoms with E-state index in [1.807, 2.05) is 24.3 Å². The maximum absolute atomic E-state index is 12.5. The second kappa shape index (κ2) is 5.83. The van der Waals surface area contributed by atoms with Crippen LogP contribution in [0.4, 0.5) is 0 Å². The quantitative estimate of drug-likeness (QED) is 0.840. The fourth-order valence-electron chi connectivity index (χ4n) is 2.52. The highest BCUT2D eigenvalue weighted by Gasteiger charge is 2.27. The molecule has 116 valence electrons. The third-order valence-corrected chi connectivity index (χ3v) is 6.73. The Morgan fingerprint density at radius 3 is 2.82 bits per heavy atom. The van der Waals surface area contributed by atoms with Gasteiger partial charge in [0.1, 0.15) is 4.21 Å². The monoisotopic (exact) mass is 337 g/mol. The smallest absolute Gasteiger partial charge is 0.306 e. The lowest BCUT2D eigenvalue weighted by Crippen LogP contribution is -2.37. The Labute approximate surface area is 132 Å². The zero-order valence-corrected chi connectivity index (χ0v) is 13.2. The van der Waals surface area contributed by atoms with E-state index in [1.165, 1.54) is 11.3 Å². The molecule has 0 spiro atoms. The average molecular weight is 337 g/mol. The summed E-state index contributed by atoms with van der Waals surface area (Å²) in [6, 6.07) is 8.63. The van der Waals surface area contributed by atoms with E-state index in [1.54, 1.807) is 18.2 Å². The highest BCUT2D eigenvalue weighted by atomic mass is 32.2. The number of nitrogens with one attached hydrogen (secondary N) is 1. The molecule has 5 nitrogen and oxygen atoms in total. The van der Waals surface area contributed by atoms with Crippen LogP contribution < -0.4 is 4.72 Å². The molecule has 2 atom stereocenters. The number of aliphatic carboxylic acids is 1. The van der Waals surface area contributed by atoms with Crippen LogP contribution in [0.3, 0.4) is 0 Å². The second-order valence-corrected chi connectivity index (χ2v) is 8.29. The van der Waals surface area contributed by atoms with Gasteiger partial charge in [0.25, 0.3) is 10.0 Å². The summed E-state index contributed by atoms with van der Waals surface area (Å²) in [5, 5.41) is 9.94. The highest BCUT2D eigenvalue weighted by Crippen LogP contribution is 2.29. The molecule has 0 saturated heterocycles. The van der Waals surface area contributed by atoms with Crippen molar-refractivity contribution in [3.05, 3.63) is 42.5 Å². The summed E-state index contributed by atoms with van der Waals surface area (Å²) in [6.45, 7) is 0. The van der Waals surface area contributed by atoms with Gasteiger partial charge in [0.15, 0.2) is 0 Å². The molecule has 2 N–H and O–H groups in total. The molecule has 0 radical (unpaired) electrons. The molecule has 1 aromatic carbocycles. The minimum absolute atomic E-state index is 0.250. The lowest BCUT2D eigenvalue weighted by atomic mass is 9.92. The molecule has 0 amide bonds. The fraction of sp³-hybridized carbons (Fsp3) is 0.267. The number of carboxylic acid groups (broad SMARTS) is 1. The van der Waals surface area contributed by atoms with Crippen LogP contribution in [0.15, 0.2) is 46.7 Å². The SMILES string of the molecule is O=C(O)[C@@H]1CC=C[C@@H](NS(=O)(=O)c2cc3ccccc3s2)C1. The minimum Gasteiger partial charge on any atom is -0.481 e. The molecule has 0 saturated carbocycles. The Hall–Kier alpha value is -1.70. The Morgan fingerprint density at radius 2 is 2.09 bits per heavy atom. The maximum Gasteiger partial charge on any atom is 0.306 e. The molecular weight excluding hydrogens is 322 g/mol. The first kappa shape index (κ1) is 15.2. The molecule has 0 aliphatic heterocycles.